The Labute approximate surface area is 151 Å². The Balaban J connectivity index is 2.19. The maximum Gasteiger partial charge on any atom is 0.340 e. The Morgan fingerprint density at radius 1 is 0.962 bits per heavy atom. The molecule has 1 heterocycles. The Kier molecular flexibility index (Phi) is 4.75. The summed E-state index contributed by atoms with van der Waals surface area (Å²) in [5.41, 5.74) is -1.18. The Morgan fingerprint density at radius 3 is 2.00 bits per heavy atom. The zero-order chi connectivity index (χ0) is 18.7. The van der Waals surface area contributed by atoms with Crippen LogP contribution in [0.15, 0.2) is 60.7 Å². The number of anilines is 2. The maximum absolute atomic E-state index is 13.3. The van der Waals surface area contributed by atoms with Crippen molar-refractivity contribution >= 4 is 29.3 Å². The Morgan fingerprint density at radius 2 is 1.50 bits per heavy atom. The highest BCUT2D eigenvalue weighted by molar-refractivity contribution is 6.36. The topological polar surface area (TPSA) is 77.9 Å². The van der Waals surface area contributed by atoms with E-state index in [0.717, 1.165) is 9.80 Å². The van der Waals surface area contributed by atoms with Gasteiger partial charge in [-0.25, -0.2) is 14.5 Å². The molecule has 1 saturated heterocycles. The largest absolute Gasteiger partial charge is 0.479 e. The van der Waals surface area contributed by atoms with Crippen molar-refractivity contribution in [1.29, 1.82) is 0 Å². The van der Waals surface area contributed by atoms with Crippen molar-refractivity contribution in [3.05, 3.63) is 60.7 Å². The molecular weight excluding hydrogens is 332 g/mol. The number of nitrogens with zero attached hydrogens (tertiary/aromatic N) is 2. The molecule has 1 fully saturated rings. The lowest BCUT2D eigenvalue weighted by molar-refractivity contribution is -0.147. The number of carbonyl (C=O) groups is 3. The smallest absolute Gasteiger partial charge is 0.340 e. The third kappa shape index (κ3) is 2.63. The monoisotopic (exact) mass is 352 g/mol. The van der Waals surface area contributed by atoms with Crippen LogP contribution in [0.1, 0.15) is 26.2 Å². The van der Waals surface area contributed by atoms with Crippen molar-refractivity contribution in [3.8, 4) is 0 Å². The van der Waals surface area contributed by atoms with Gasteiger partial charge in [0.1, 0.15) is 0 Å². The number of carboxylic acid groups (broad SMARTS) is 1. The molecule has 3 amide bonds. The fourth-order valence-corrected chi connectivity index (χ4v) is 3.29. The Bertz CT molecular complexity index is 822. The fraction of sp³-hybridized carbons (Fsp3) is 0.250. The van der Waals surface area contributed by atoms with Gasteiger partial charge in [-0.3, -0.25) is 9.69 Å². The number of hydrogen-bond acceptors (Lipinski definition) is 3. The normalized spacial score (nSPS) is 19.9. The van der Waals surface area contributed by atoms with E-state index in [2.05, 4.69) is 0 Å². The average Bonchev–Trinajstić information content (AvgIpc) is 2.89. The number of carboxylic acids is 1. The van der Waals surface area contributed by atoms with Crippen LogP contribution in [0.3, 0.4) is 0 Å². The van der Waals surface area contributed by atoms with Gasteiger partial charge in [0.2, 0.25) is 5.54 Å². The van der Waals surface area contributed by atoms with Gasteiger partial charge < -0.3 is 5.11 Å². The van der Waals surface area contributed by atoms with Crippen molar-refractivity contribution < 1.29 is 19.5 Å². The summed E-state index contributed by atoms with van der Waals surface area (Å²) in [4.78, 5) is 40.8. The predicted octanol–water partition coefficient (Wildman–Crippen LogP) is 3.67. The van der Waals surface area contributed by atoms with E-state index in [1.54, 1.807) is 60.7 Å². The van der Waals surface area contributed by atoms with Crippen LogP contribution in [0, 0.1) is 0 Å². The van der Waals surface area contributed by atoms with Gasteiger partial charge in [0.15, 0.2) is 0 Å². The molecular formula is C20H20N2O4. The maximum atomic E-state index is 13.3. The summed E-state index contributed by atoms with van der Waals surface area (Å²) in [6, 6.07) is 16.3. The van der Waals surface area contributed by atoms with Crippen LogP contribution >= 0.6 is 0 Å². The van der Waals surface area contributed by atoms with Crippen molar-refractivity contribution in [2.75, 3.05) is 9.80 Å². The first kappa shape index (κ1) is 17.7. The summed E-state index contributed by atoms with van der Waals surface area (Å²) in [5.74, 6) is -2.04. The lowest BCUT2D eigenvalue weighted by atomic mass is 9.90. The molecule has 26 heavy (non-hydrogen) atoms. The molecule has 1 aliphatic rings. The number of unbranched alkanes of at least 4 members (excludes halogenated alkanes) is 1. The Hall–Kier alpha value is -3.15. The summed E-state index contributed by atoms with van der Waals surface area (Å²) in [6.45, 7) is 1.92. The molecule has 0 bridgehead atoms. The minimum atomic E-state index is -1.94. The van der Waals surface area contributed by atoms with Crippen molar-refractivity contribution in [2.24, 2.45) is 0 Å². The van der Waals surface area contributed by atoms with Crippen LogP contribution in [0.2, 0.25) is 0 Å². The lowest BCUT2D eigenvalue weighted by Crippen LogP contribution is -2.56. The number of para-hydroxylation sites is 2. The first-order valence-electron chi connectivity index (χ1n) is 8.56. The number of benzene rings is 2. The SMILES string of the molecule is CCCCC1(C(=O)O)C(=O)N(c2ccccc2)C(=O)N1c1ccccc1. The van der Waals surface area contributed by atoms with Gasteiger partial charge >= 0.3 is 12.0 Å². The summed E-state index contributed by atoms with van der Waals surface area (Å²) in [6.07, 6.45) is 1.28. The standard InChI is InChI=1S/C20H20N2O4/c1-2-3-14-20(18(24)25)17(23)21(15-10-6-4-7-11-15)19(26)22(20)16-12-8-5-9-13-16/h4-13H,2-3,14H2,1H3,(H,24,25). The number of amides is 3. The van der Waals surface area contributed by atoms with Crippen LogP contribution in [0.25, 0.3) is 0 Å². The van der Waals surface area contributed by atoms with Crippen LogP contribution in [-0.4, -0.2) is 28.6 Å². The number of rotatable bonds is 6. The van der Waals surface area contributed by atoms with E-state index < -0.39 is 23.4 Å². The molecule has 0 radical (unpaired) electrons. The van der Waals surface area contributed by atoms with E-state index in [-0.39, 0.29) is 6.42 Å². The van der Waals surface area contributed by atoms with E-state index >= 15 is 0 Å². The highest BCUT2D eigenvalue weighted by Crippen LogP contribution is 2.39. The number of aliphatic carboxylic acids is 1. The minimum absolute atomic E-state index is 0.0572. The molecule has 0 aliphatic carbocycles. The molecule has 1 N–H and O–H groups in total. The average molecular weight is 352 g/mol. The molecule has 0 aromatic heterocycles. The second kappa shape index (κ2) is 7.00. The minimum Gasteiger partial charge on any atom is -0.479 e. The van der Waals surface area contributed by atoms with Gasteiger partial charge in [-0.15, -0.1) is 0 Å². The van der Waals surface area contributed by atoms with Gasteiger partial charge in [-0.1, -0.05) is 56.2 Å². The lowest BCUT2D eigenvalue weighted by Gasteiger charge is -2.31. The molecule has 1 unspecified atom stereocenters. The number of imide groups is 1. The van der Waals surface area contributed by atoms with Gasteiger partial charge in [0, 0.05) is 5.69 Å². The van der Waals surface area contributed by atoms with E-state index in [1.807, 2.05) is 6.92 Å². The number of hydrogen-bond donors (Lipinski definition) is 1. The molecule has 0 spiro atoms. The molecule has 3 rings (SSSR count). The van der Waals surface area contributed by atoms with Gasteiger partial charge in [0.25, 0.3) is 5.91 Å². The third-order valence-electron chi connectivity index (χ3n) is 4.60. The molecule has 6 heteroatoms. The predicted molar refractivity (Wildman–Crippen MR) is 98.1 cm³/mol. The van der Waals surface area contributed by atoms with E-state index in [9.17, 15) is 19.5 Å². The summed E-state index contributed by atoms with van der Waals surface area (Å²) < 4.78 is 0. The summed E-state index contributed by atoms with van der Waals surface area (Å²) >= 11 is 0. The molecule has 1 aliphatic heterocycles. The van der Waals surface area contributed by atoms with E-state index in [4.69, 9.17) is 0 Å². The van der Waals surface area contributed by atoms with Crippen molar-refractivity contribution in [3.63, 3.8) is 0 Å². The molecule has 0 saturated carbocycles. The first-order chi connectivity index (χ1) is 12.5. The highest BCUT2D eigenvalue weighted by Gasteiger charge is 2.63. The second-order valence-electron chi connectivity index (χ2n) is 6.20. The number of carbonyl (C=O) groups excluding carboxylic acids is 2. The molecule has 6 nitrogen and oxygen atoms in total. The van der Waals surface area contributed by atoms with Crippen molar-refractivity contribution in [1.82, 2.24) is 0 Å². The van der Waals surface area contributed by atoms with Gasteiger partial charge in [0.05, 0.1) is 5.69 Å². The zero-order valence-corrected chi connectivity index (χ0v) is 14.5. The zero-order valence-electron chi connectivity index (χ0n) is 14.5. The van der Waals surface area contributed by atoms with Crippen LogP contribution in [0.4, 0.5) is 16.2 Å². The van der Waals surface area contributed by atoms with Gasteiger partial charge in [-0.05, 0) is 30.7 Å². The van der Waals surface area contributed by atoms with Crippen LogP contribution in [-0.2, 0) is 9.59 Å². The van der Waals surface area contributed by atoms with Crippen LogP contribution in [0.5, 0.6) is 0 Å². The van der Waals surface area contributed by atoms with Gasteiger partial charge in [-0.2, -0.15) is 0 Å². The van der Waals surface area contributed by atoms with Crippen LogP contribution < -0.4 is 9.80 Å². The number of urea groups is 1. The fourth-order valence-electron chi connectivity index (χ4n) is 3.29. The third-order valence-corrected chi connectivity index (χ3v) is 4.60. The molecule has 134 valence electrons. The molecule has 2 aromatic rings. The quantitative estimate of drug-likeness (QED) is 0.635. The summed E-state index contributed by atoms with van der Waals surface area (Å²) in [7, 11) is 0. The van der Waals surface area contributed by atoms with E-state index in [0.29, 0.717) is 24.2 Å². The van der Waals surface area contributed by atoms with E-state index in [1.165, 1.54) is 0 Å². The first-order valence-corrected chi connectivity index (χ1v) is 8.56. The molecule has 1 atom stereocenters. The molecule has 2 aromatic carbocycles. The summed E-state index contributed by atoms with van der Waals surface area (Å²) in [5, 5.41) is 10.0. The second-order valence-corrected chi connectivity index (χ2v) is 6.20. The highest BCUT2D eigenvalue weighted by atomic mass is 16.4. The van der Waals surface area contributed by atoms with Crippen molar-refractivity contribution in [2.45, 2.75) is 31.7 Å².